The van der Waals surface area contributed by atoms with E-state index in [0.717, 1.165) is 5.69 Å². The Balaban J connectivity index is 1.74. The van der Waals surface area contributed by atoms with Gasteiger partial charge in [0.25, 0.3) is 5.91 Å². The van der Waals surface area contributed by atoms with E-state index in [4.69, 9.17) is 0 Å². The first-order chi connectivity index (χ1) is 11.7. The molecule has 25 heavy (non-hydrogen) atoms. The molecule has 0 spiro atoms. The number of para-hydroxylation sites is 1. The van der Waals surface area contributed by atoms with E-state index in [-0.39, 0.29) is 18.1 Å². The highest BCUT2D eigenvalue weighted by molar-refractivity contribution is 7.93. The van der Waals surface area contributed by atoms with Crippen molar-refractivity contribution >= 4 is 15.7 Å². The van der Waals surface area contributed by atoms with E-state index < -0.39 is 19.8 Å². The summed E-state index contributed by atoms with van der Waals surface area (Å²) < 4.78 is 24.3. The van der Waals surface area contributed by atoms with Crippen LogP contribution in [0.1, 0.15) is 37.7 Å². The first-order valence-electron chi connectivity index (χ1n) is 8.20. The Kier molecular flexibility index (Phi) is 4.40. The third kappa shape index (κ3) is 3.30. The molecule has 2 heterocycles. The summed E-state index contributed by atoms with van der Waals surface area (Å²) in [5.41, 5.74) is 0.980. The second-order valence-corrected chi connectivity index (χ2v) is 10.2. The van der Waals surface area contributed by atoms with Crippen LogP contribution in [-0.4, -0.2) is 57.3 Å². The van der Waals surface area contributed by atoms with Crippen molar-refractivity contribution in [3.63, 3.8) is 0 Å². The number of sulfone groups is 1. The molecule has 2 aromatic rings. The molecule has 3 rings (SSSR count). The van der Waals surface area contributed by atoms with Crippen LogP contribution in [0.4, 0.5) is 0 Å². The average molecular weight is 362 g/mol. The zero-order valence-corrected chi connectivity index (χ0v) is 15.4. The van der Waals surface area contributed by atoms with Crippen molar-refractivity contribution in [3.8, 4) is 5.69 Å². The zero-order chi connectivity index (χ0) is 18.2. The van der Waals surface area contributed by atoms with E-state index in [1.54, 1.807) is 25.7 Å². The molecule has 0 bridgehead atoms. The van der Waals surface area contributed by atoms with Crippen molar-refractivity contribution in [1.29, 1.82) is 0 Å². The van der Waals surface area contributed by atoms with Crippen LogP contribution in [0, 0.1) is 0 Å². The van der Waals surface area contributed by atoms with Gasteiger partial charge >= 0.3 is 0 Å². The Bertz CT molecular complexity index is 869. The van der Waals surface area contributed by atoms with Gasteiger partial charge in [-0.05, 0) is 39.3 Å². The number of benzene rings is 1. The number of hydrogen-bond donors (Lipinski definition) is 0. The quantitative estimate of drug-likeness (QED) is 0.829. The minimum absolute atomic E-state index is 0.205. The largest absolute Gasteiger partial charge is 0.336 e. The molecule has 1 aliphatic heterocycles. The lowest BCUT2D eigenvalue weighted by Crippen LogP contribution is -2.39. The molecule has 134 valence electrons. The van der Waals surface area contributed by atoms with Gasteiger partial charge in [-0.2, -0.15) is 9.90 Å². The molecule has 1 aromatic heterocycles. The molecular formula is C17H22N4O3S. The molecule has 1 unspecified atom stereocenters. The van der Waals surface area contributed by atoms with E-state index in [0.29, 0.717) is 13.0 Å². The number of carbonyl (C=O) groups is 1. The van der Waals surface area contributed by atoms with Gasteiger partial charge in [-0.3, -0.25) is 4.79 Å². The fourth-order valence-corrected chi connectivity index (χ4v) is 4.67. The minimum atomic E-state index is -3.30. The monoisotopic (exact) mass is 362 g/mol. The highest BCUT2D eigenvalue weighted by Crippen LogP contribution is 2.27. The summed E-state index contributed by atoms with van der Waals surface area (Å²) in [4.78, 5) is 15.6. The summed E-state index contributed by atoms with van der Waals surface area (Å²) in [6.45, 7) is 5.70. The number of amides is 1. The van der Waals surface area contributed by atoms with Crippen LogP contribution in [0.2, 0.25) is 0 Å². The summed E-state index contributed by atoms with van der Waals surface area (Å²) in [7, 11) is -3.30. The minimum Gasteiger partial charge on any atom is -0.336 e. The van der Waals surface area contributed by atoms with Gasteiger partial charge in [-0.1, -0.05) is 18.2 Å². The van der Waals surface area contributed by atoms with Crippen LogP contribution in [0.3, 0.4) is 0 Å². The first-order valence-corrected chi connectivity index (χ1v) is 9.75. The van der Waals surface area contributed by atoms with E-state index >= 15 is 0 Å². The van der Waals surface area contributed by atoms with Gasteiger partial charge in [0.15, 0.2) is 15.5 Å². The van der Waals surface area contributed by atoms with E-state index in [2.05, 4.69) is 10.2 Å². The van der Waals surface area contributed by atoms with Crippen molar-refractivity contribution in [2.45, 2.75) is 37.2 Å². The van der Waals surface area contributed by atoms with Crippen LogP contribution >= 0.6 is 0 Å². The number of nitrogens with zero attached hydrogens (tertiary/aromatic N) is 4. The third-order valence-corrected chi connectivity index (χ3v) is 7.39. The lowest BCUT2D eigenvalue weighted by molar-refractivity contribution is 0.0787. The summed E-state index contributed by atoms with van der Waals surface area (Å²) >= 11 is 0. The number of carbonyl (C=O) groups excluding carboxylic acids is 1. The second-order valence-electron chi connectivity index (χ2n) is 7.17. The molecule has 1 aromatic carbocycles. The Labute approximate surface area is 147 Å². The Morgan fingerprint density at radius 3 is 2.52 bits per heavy atom. The van der Waals surface area contributed by atoms with Gasteiger partial charge in [-0.25, -0.2) is 8.42 Å². The Morgan fingerprint density at radius 2 is 1.88 bits per heavy atom. The summed E-state index contributed by atoms with van der Waals surface area (Å²) in [5.74, 6) is -0.284. The summed E-state index contributed by atoms with van der Waals surface area (Å²) in [6.07, 6.45) is 1.87. The normalized spacial score (nSPS) is 18.5. The molecule has 1 atom stereocenters. The van der Waals surface area contributed by atoms with Crippen molar-refractivity contribution in [1.82, 2.24) is 19.9 Å². The maximum atomic E-state index is 12.6. The van der Waals surface area contributed by atoms with Crippen molar-refractivity contribution in [2.24, 2.45) is 0 Å². The zero-order valence-electron chi connectivity index (χ0n) is 14.6. The highest BCUT2D eigenvalue weighted by Gasteiger charge is 2.42. The van der Waals surface area contributed by atoms with Crippen molar-refractivity contribution in [3.05, 3.63) is 42.2 Å². The standard InChI is InChI=1S/C17H22N4O3S/c1-17(2,3)25(23,24)14-9-10-20(12-14)16(22)15-11-18-21(19-15)13-7-5-4-6-8-13/h4-8,11,14H,9-10,12H2,1-3H3. The van der Waals surface area contributed by atoms with Gasteiger partial charge in [0, 0.05) is 13.1 Å². The number of rotatable bonds is 3. The first kappa shape index (κ1) is 17.6. The van der Waals surface area contributed by atoms with Crippen molar-refractivity contribution < 1.29 is 13.2 Å². The fraction of sp³-hybridized carbons (Fsp3) is 0.471. The molecule has 0 saturated carbocycles. The topological polar surface area (TPSA) is 85.2 Å². The third-order valence-electron chi connectivity index (χ3n) is 4.42. The maximum Gasteiger partial charge on any atom is 0.276 e. The number of likely N-dealkylation sites (tertiary alicyclic amines) is 1. The highest BCUT2D eigenvalue weighted by atomic mass is 32.2. The smallest absolute Gasteiger partial charge is 0.276 e. The Hall–Kier alpha value is -2.22. The van der Waals surface area contributed by atoms with E-state index in [9.17, 15) is 13.2 Å². The predicted molar refractivity (Wildman–Crippen MR) is 94.3 cm³/mol. The molecule has 1 fully saturated rings. The van der Waals surface area contributed by atoms with E-state index in [1.165, 1.54) is 11.0 Å². The van der Waals surface area contributed by atoms with Crippen LogP contribution in [0.25, 0.3) is 5.69 Å². The van der Waals surface area contributed by atoms with E-state index in [1.807, 2.05) is 30.3 Å². The molecular weight excluding hydrogens is 340 g/mol. The van der Waals surface area contributed by atoms with Crippen molar-refractivity contribution in [2.75, 3.05) is 13.1 Å². The van der Waals surface area contributed by atoms with Crippen LogP contribution < -0.4 is 0 Å². The van der Waals surface area contributed by atoms with Gasteiger partial charge in [0.2, 0.25) is 0 Å². The lowest BCUT2D eigenvalue weighted by atomic mass is 10.3. The van der Waals surface area contributed by atoms with Crippen LogP contribution in [0.15, 0.2) is 36.5 Å². The molecule has 1 amide bonds. The van der Waals surface area contributed by atoms with Gasteiger partial charge in [-0.15, -0.1) is 5.10 Å². The van der Waals surface area contributed by atoms with Gasteiger partial charge in [0.05, 0.1) is 21.9 Å². The maximum absolute atomic E-state index is 12.6. The SMILES string of the molecule is CC(C)(C)S(=O)(=O)C1CCN(C(=O)c2cnn(-c3ccccc3)n2)C1. The number of aromatic nitrogens is 3. The van der Waals surface area contributed by atoms with Gasteiger partial charge in [0.1, 0.15) is 0 Å². The predicted octanol–water partition coefficient (Wildman–Crippen LogP) is 1.70. The van der Waals surface area contributed by atoms with Crippen LogP contribution in [-0.2, 0) is 9.84 Å². The summed E-state index contributed by atoms with van der Waals surface area (Å²) in [5, 5.41) is 7.82. The van der Waals surface area contributed by atoms with Gasteiger partial charge < -0.3 is 4.90 Å². The number of hydrogen-bond acceptors (Lipinski definition) is 5. The molecule has 0 N–H and O–H groups in total. The molecule has 8 heteroatoms. The molecule has 0 aliphatic carbocycles. The lowest BCUT2D eigenvalue weighted by Gasteiger charge is -2.24. The molecule has 7 nitrogen and oxygen atoms in total. The van der Waals surface area contributed by atoms with Crippen LogP contribution in [0.5, 0.6) is 0 Å². The molecule has 1 aliphatic rings. The second kappa shape index (κ2) is 6.25. The Morgan fingerprint density at radius 1 is 1.20 bits per heavy atom. The molecule has 1 saturated heterocycles. The fourth-order valence-electron chi connectivity index (χ4n) is 2.87. The molecule has 0 radical (unpaired) electrons. The average Bonchev–Trinajstić information content (AvgIpc) is 3.24. The summed E-state index contributed by atoms with van der Waals surface area (Å²) in [6, 6.07) is 9.30.